The molecule has 0 aromatic heterocycles. The second kappa shape index (κ2) is 13.1. The molecule has 0 unspecified atom stereocenters. The fraction of sp³-hybridized carbons (Fsp3) is 0.143. The van der Waals surface area contributed by atoms with Gasteiger partial charge in [0.05, 0.1) is 0 Å². The average molecular weight is 573 g/mol. The van der Waals surface area contributed by atoms with Gasteiger partial charge in [-0.15, -0.1) is 0 Å². The highest BCUT2D eigenvalue weighted by molar-refractivity contribution is 5.82. The third kappa shape index (κ3) is 6.02. The zero-order valence-corrected chi connectivity index (χ0v) is 26.1. The van der Waals surface area contributed by atoms with E-state index in [4.69, 9.17) is 0 Å². The van der Waals surface area contributed by atoms with Crippen LogP contribution in [0.4, 0.5) is 34.1 Å². The van der Waals surface area contributed by atoms with Crippen LogP contribution in [0, 0.1) is 0 Å². The predicted molar refractivity (Wildman–Crippen MR) is 189 cm³/mol. The van der Waals surface area contributed by atoms with Gasteiger partial charge in [-0.25, -0.2) is 0 Å². The largest absolute Gasteiger partial charge is 0.310 e. The van der Waals surface area contributed by atoms with Crippen LogP contribution >= 0.6 is 0 Å². The molecule has 2 heteroatoms. The Labute approximate surface area is 262 Å². The summed E-state index contributed by atoms with van der Waals surface area (Å²) in [5.74, 6) is 0.830. The fourth-order valence-corrected chi connectivity index (χ4v) is 5.97. The summed E-state index contributed by atoms with van der Waals surface area (Å²) in [6, 6.07) is 56.7. The summed E-state index contributed by atoms with van der Waals surface area (Å²) in [6.45, 7) is 9.04. The van der Waals surface area contributed by atoms with Gasteiger partial charge in [-0.2, -0.15) is 0 Å². The molecule has 6 aromatic carbocycles. The molecule has 44 heavy (non-hydrogen) atoms. The molecule has 0 amide bonds. The van der Waals surface area contributed by atoms with Crippen molar-refractivity contribution in [3.63, 3.8) is 0 Å². The molecule has 0 spiro atoms. The summed E-state index contributed by atoms with van der Waals surface area (Å²) in [6.07, 6.45) is 0. The summed E-state index contributed by atoms with van der Waals surface area (Å²) >= 11 is 0. The van der Waals surface area contributed by atoms with Crippen LogP contribution in [0.25, 0.3) is 11.1 Å². The van der Waals surface area contributed by atoms with E-state index in [2.05, 4.69) is 195 Å². The number of benzene rings is 6. The molecule has 0 aliphatic carbocycles. The molecule has 0 saturated carbocycles. The highest BCUT2D eigenvalue weighted by atomic mass is 15.1. The van der Waals surface area contributed by atoms with E-state index < -0.39 is 0 Å². The highest BCUT2D eigenvalue weighted by Gasteiger charge is 2.19. The minimum atomic E-state index is 0.415. The van der Waals surface area contributed by atoms with Gasteiger partial charge in [-0.05, 0) is 94.8 Å². The Morgan fingerprint density at radius 1 is 0.318 bits per heavy atom. The number of hydrogen-bond acceptors (Lipinski definition) is 2. The van der Waals surface area contributed by atoms with Crippen molar-refractivity contribution < 1.29 is 0 Å². The van der Waals surface area contributed by atoms with Gasteiger partial charge < -0.3 is 9.80 Å². The van der Waals surface area contributed by atoms with Crippen molar-refractivity contribution in [2.24, 2.45) is 0 Å². The SMILES string of the molecule is CC(C)c1ccccc1N(c1ccccc1)c1ccc(-c2ccc(N(c3ccccc3)c3ccccc3C(C)C)cc2)cc1. The molecular formula is C42H40N2. The normalized spacial score (nSPS) is 11.1. The zero-order chi connectivity index (χ0) is 30.5. The number of rotatable bonds is 9. The van der Waals surface area contributed by atoms with E-state index in [1.165, 1.54) is 33.6 Å². The van der Waals surface area contributed by atoms with E-state index in [0.717, 1.165) is 22.7 Å². The number of anilines is 6. The first-order chi connectivity index (χ1) is 21.5. The average Bonchev–Trinajstić information content (AvgIpc) is 3.07. The second-order valence-corrected chi connectivity index (χ2v) is 11.9. The molecule has 2 nitrogen and oxygen atoms in total. The lowest BCUT2D eigenvalue weighted by molar-refractivity contribution is 0.864. The molecule has 218 valence electrons. The Balaban J connectivity index is 1.35. The predicted octanol–water partition coefficient (Wildman–Crippen LogP) is 12.5. The van der Waals surface area contributed by atoms with Gasteiger partial charge in [0.1, 0.15) is 0 Å². The van der Waals surface area contributed by atoms with Crippen LogP contribution in [0.3, 0.4) is 0 Å². The van der Waals surface area contributed by atoms with Crippen molar-refractivity contribution >= 4 is 34.1 Å². The maximum absolute atomic E-state index is 2.37. The smallest absolute Gasteiger partial charge is 0.0496 e. The van der Waals surface area contributed by atoms with Gasteiger partial charge in [0.15, 0.2) is 0 Å². The van der Waals surface area contributed by atoms with Gasteiger partial charge >= 0.3 is 0 Å². The molecule has 0 aliphatic heterocycles. The summed E-state index contributed by atoms with van der Waals surface area (Å²) in [4.78, 5) is 4.73. The highest BCUT2D eigenvalue weighted by Crippen LogP contribution is 2.41. The zero-order valence-electron chi connectivity index (χ0n) is 26.1. The minimum Gasteiger partial charge on any atom is -0.310 e. The Kier molecular flexibility index (Phi) is 8.61. The summed E-state index contributed by atoms with van der Waals surface area (Å²) < 4.78 is 0. The van der Waals surface area contributed by atoms with Crippen molar-refractivity contribution in [3.8, 4) is 11.1 Å². The quantitative estimate of drug-likeness (QED) is 0.170. The lowest BCUT2D eigenvalue weighted by atomic mass is 9.98. The second-order valence-electron chi connectivity index (χ2n) is 11.9. The van der Waals surface area contributed by atoms with Crippen molar-refractivity contribution in [2.45, 2.75) is 39.5 Å². The van der Waals surface area contributed by atoms with E-state index in [1.54, 1.807) is 0 Å². The first kappa shape index (κ1) is 29.0. The molecule has 0 saturated heterocycles. The van der Waals surface area contributed by atoms with E-state index in [1.807, 2.05) is 0 Å². The van der Waals surface area contributed by atoms with Crippen molar-refractivity contribution in [3.05, 3.63) is 169 Å². The van der Waals surface area contributed by atoms with Crippen molar-refractivity contribution in [2.75, 3.05) is 9.80 Å². The van der Waals surface area contributed by atoms with Crippen LogP contribution in [0.1, 0.15) is 50.7 Å². The van der Waals surface area contributed by atoms with Gasteiger partial charge in [-0.1, -0.05) is 125 Å². The Hall–Kier alpha value is -5.08. The van der Waals surface area contributed by atoms with E-state index in [9.17, 15) is 0 Å². The van der Waals surface area contributed by atoms with E-state index in [-0.39, 0.29) is 0 Å². The molecule has 0 N–H and O–H groups in total. The maximum atomic E-state index is 2.37. The summed E-state index contributed by atoms with van der Waals surface area (Å²) in [7, 11) is 0. The summed E-state index contributed by atoms with van der Waals surface area (Å²) in [5.41, 5.74) is 12.1. The van der Waals surface area contributed by atoms with Crippen molar-refractivity contribution in [1.82, 2.24) is 0 Å². The van der Waals surface area contributed by atoms with Crippen LogP contribution in [0.2, 0.25) is 0 Å². The number of hydrogen-bond donors (Lipinski definition) is 0. The standard InChI is InChI=1S/C42H40N2/c1-31(2)39-19-11-13-21-41(39)43(35-15-7-5-8-16-35)37-27-23-33(24-28-37)34-25-29-38(30-26-34)44(36-17-9-6-10-18-36)42-22-14-12-20-40(42)32(3)4/h5-32H,1-4H3. The molecule has 6 rings (SSSR count). The van der Waals surface area contributed by atoms with E-state index in [0.29, 0.717) is 11.8 Å². The van der Waals surface area contributed by atoms with Crippen LogP contribution in [-0.2, 0) is 0 Å². The lowest BCUT2D eigenvalue weighted by Crippen LogP contribution is -2.12. The van der Waals surface area contributed by atoms with E-state index >= 15 is 0 Å². The first-order valence-corrected chi connectivity index (χ1v) is 15.6. The fourth-order valence-electron chi connectivity index (χ4n) is 5.97. The van der Waals surface area contributed by atoms with Crippen molar-refractivity contribution in [1.29, 1.82) is 0 Å². The van der Waals surface area contributed by atoms with Crippen LogP contribution in [0.5, 0.6) is 0 Å². The monoisotopic (exact) mass is 572 g/mol. The van der Waals surface area contributed by atoms with Gasteiger partial charge in [0, 0.05) is 34.1 Å². The maximum Gasteiger partial charge on any atom is 0.0496 e. The third-order valence-electron chi connectivity index (χ3n) is 8.21. The number of para-hydroxylation sites is 4. The molecule has 0 fully saturated rings. The molecule has 0 heterocycles. The number of nitrogens with zero attached hydrogens (tertiary/aromatic N) is 2. The Bertz CT molecular complexity index is 1650. The molecule has 0 aliphatic rings. The van der Waals surface area contributed by atoms with Gasteiger partial charge in [0.25, 0.3) is 0 Å². The third-order valence-corrected chi connectivity index (χ3v) is 8.21. The molecular weight excluding hydrogens is 532 g/mol. The Morgan fingerprint density at radius 3 is 0.955 bits per heavy atom. The van der Waals surface area contributed by atoms with Crippen LogP contribution in [0.15, 0.2) is 158 Å². The minimum absolute atomic E-state index is 0.415. The molecule has 0 bridgehead atoms. The topological polar surface area (TPSA) is 6.48 Å². The molecule has 0 radical (unpaired) electrons. The first-order valence-electron chi connectivity index (χ1n) is 15.6. The van der Waals surface area contributed by atoms with Crippen LogP contribution < -0.4 is 9.80 Å². The molecule has 6 aromatic rings. The van der Waals surface area contributed by atoms with Crippen LogP contribution in [-0.4, -0.2) is 0 Å². The van der Waals surface area contributed by atoms with Gasteiger partial charge in [0.2, 0.25) is 0 Å². The summed E-state index contributed by atoms with van der Waals surface area (Å²) in [5, 5.41) is 0. The molecule has 0 atom stereocenters. The van der Waals surface area contributed by atoms with Gasteiger partial charge in [-0.3, -0.25) is 0 Å². The Morgan fingerprint density at radius 2 is 0.614 bits per heavy atom. The lowest BCUT2D eigenvalue weighted by Gasteiger charge is -2.29.